The number of fused-ring (bicyclic) bond motifs is 1. The number of nitrogens with zero attached hydrogens (tertiary/aromatic N) is 3. The number of alkyl halides is 3. The zero-order valence-electron chi connectivity index (χ0n) is 14.5. The van der Waals surface area contributed by atoms with E-state index < -0.39 is 17.6 Å². The number of nitrogens with one attached hydrogen (secondary N) is 2. The maximum Gasteiger partial charge on any atom is 0.416 e. The van der Waals surface area contributed by atoms with Gasteiger partial charge in [-0.2, -0.15) is 13.2 Å². The third-order valence-corrected chi connectivity index (χ3v) is 4.43. The van der Waals surface area contributed by atoms with Gasteiger partial charge in [0, 0.05) is 43.2 Å². The van der Waals surface area contributed by atoms with Crippen molar-refractivity contribution >= 4 is 5.82 Å². The lowest BCUT2D eigenvalue weighted by Gasteiger charge is -2.15. The van der Waals surface area contributed by atoms with Gasteiger partial charge in [-0.3, -0.25) is 4.98 Å². The summed E-state index contributed by atoms with van der Waals surface area (Å²) >= 11 is 0. The van der Waals surface area contributed by atoms with E-state index in [0.717, 1.165) is 29.5 Å². The van der Waals surface area contributed by atoms with Crippen LogP contribution < -0.4 is 10.6 Å². The number of hydrogen-bond donors (Lipinski definition) is 2. The lowest BCUT2D eigenvalue weighted by Crippen LogP contribution is -2.14. The van der Waals surface area contributed by atoms with E-state index in [4.69, 9.17) is 0 Å². The molecular formula is C19H15F4N5. The molecule has 9 heteroatoms. The molecule has 144 valence electrons. The second kappa shape index (κ2) is 7.16. The molecule has 5 nitrogen and oxygen atoms in total. The molecule has 0 unspecified atom stereocenters. The van der Waals surface area contributed by atoms with Gasteiger partial charge in [-0.05, 0) is 35.9 Å². The summed E-state index contributed by atoms with van der Waals surface area (Å²) in [6.07, 6.45) is -1.33. The average molecular weight is 389 g/mol. The molecule has 3 aromatic rings. The molecule has 1 aliphatic rings. The molecule has 0 saturated carbocycles. The van der Waals surface area contributed by atoms with E-state index in [9.17, 15) is 17.6 Å². The maximum absolute atomic E-state index is 13.5. The summed E-state index contributed by atoms with van der Waals surface area (Å²) in [4.78, 5) is 13.0. The van der Waals surface area contributed by atoms with Crippen molar-refractivity contribution in [2.45, 2.75) is 25.8 Å². The Morgan fingerprint density at radius 2 is 1.96 bits per heavy atom. The van der Waals surface area contributed by atoms with Crippen LogP contribution in [0.1, 0.15) is 22.4 Å². The second-order valence-electron chi connectivity index (χ2n) is 6.32. The van der Waals surface area contributed by atoms with Crippen LogP contribution in [0.15, 0.2) is 42.7 Å². The molecule has 28 heavy (non-hydrogen) atoms. The van der Waals surface area contributed by atoms with E-state index in [0.29, 0.717) is 30.3 Å². The molecule has 0 aliphatic carbocycles. The summed E-state index contributed by atoms with van der Waals surface area (Å²) in [5, 5.41) is 6.08. The largest absolute Gasteiger partial charge is 0.416 e. The Kier molecular flexibility index (Phi) is 4.68. The number of aromatic nitrogens is 3. The number of rotatable bonds is 4. The van der Waals surface area contributed by atoms with Crippen LogP contribution in [0.25, 0.3) is 11.4 Å². The van der Waals surface area contributed by atoms with Crippen LogP contribution >= 0.6 is 0 Å². The molecule has 0 radical (unpaired) electrons. The molecule has 1 aliphatic heterocycles. The minimum absolute atomic E-state index is 0.186. The summed E-state index contributed by atoms with van der Waals surface area (Å²) in [7, 11) is 0. The predicted octanol–water partition coefficient (Wildman–Crippen LogP) is 3.91. The Morgan fingerprint density at radius 3 is 2.71 bits per heavy atom. The summed E-state index contributed by atoms with van der Waals surface area (Å²) in [5.74, 6) is 0.120. The summed E-state index contributed by atoms with van der Waals surface area (Å²) in [6.45, 7) is 0.816. The quantitative estimate of drug-likeness (QED) is 0.663. The van der Waals surface area contributed by atoms with Gasteiger partial charge < -0.3 is 10.6 Å². The van der Waals surface area contributed by atoms with Crippen LogP contribution in [0.3, 0.4) is 0 Å². The van der Waals surface area contributed by atoms with Gasteiger partial charge in [0.05, 0.1) is 11.3 Å². The SMILES string of the molecule is Fc1ccc(C(F)(F)F)c(CNc2nc(-c3cccnc3)nc3c2CNC3)c1. The van der Waals surface area contributed by atoms with Gasteiger partial charge in [0.15, 0.2) is 5.82 Å². The van der Waals surface area contributed by atoms with E-state index in [2.05, 4.69) is 25.6 Å². The Hall–Kier alpha value is -3.07. The minimum Gasteiger partial charge on any atom is -0.366 e. The van der Waals surface area contributed by atoms with Crippen LogP contribution in [-0.2, 0) is 25.8 Å². The van der Waals surface area contributed by atoms with E-state index in [1.54, 1.807) is 24.5 Å². The van der Waals surface area contributed by atoms with Crippen molar-refractivity contribution in [2.24, 2.45) is 0 Å². The molecule has 1 aromatic carbocycles. The minimum atomic E-state index is -4.57. The Balaban J connectivity index is 1.68. The molecule has 0 amide bonds. The van der Waals surface area contributed by atoms with Gasteiger partial charge in [-0.15, -0.1) is 0 Å². The number of hydrogen-bond acceptors (Lipinski definition) is 5. The van der Waals surface area contributed by atoms with Crippen molar-refractivity contribution in [3.05, 3.63) is 70.9 Å². The fourth-order valence-electron chi connectivity index (χ4n) is 3.10. The highest BCUT2D eigenvalue weighted by molar-refractivity contribution is 5.60. The van der Waals surface area contributed by atoms with Gasteiger partial charge in [0.1, 0.15) is 11.6 Å². The Labute approximate surface area is 157 Å². The molecule has 0 atom stereocenters. The zero-order valence-corrected chi connectivity index (χ0v) is 14.5. The summed E-state index contributed by atoms with van der Waals surface area (Å²) < 4.78 is 53.2. The van der Waals surface area contributed by atoms with Crippen molar-refractivity contribution in [3.63, 3.8) is 0 Å². The van der Waals surface area contributed by atoms with Gasteiger partial charge in [0.25, 0.3) is 0 Å². The first-order valence-corrected chi connectivity index (χ1v) is 8.52. The summed E-state index contributed by atoms with van der Waals surface area (Å²) in [5.41, 5.74) is 1.19. The normalized spacial score (nSPS) is 13.4. The topological polar surface area (TPSA) is 62.7 Å². The number of halogens is 4. The first-order valence-electron chi connectivity index (χ1n) is 8.52. The standard InChI is InChI=1S/C19H15F4N5/c20-13-3-4-15(19(21,22)23)12(6-13)8-26-18-14-9-25-10-16(14)27-17(28-18)11-2-1-5-24-7-11/h1-7,25H,8-10H2,(H,26,27,28). The number of pyridine rings is 1. The van der Waals surface area contributed by atoms with E-state index in [1.807, 2.05) is 0 Å². The van der Waals surface area contributed by atoms with Crippen LogP contribution in [0.5, 0.6) is 0 Å². The van der Waals surface area contributed by atoms with E-state index in [1.165, 1.54) is 0 Å². The van der Waals surface area contributed by atoms with Crippen LogP contribution in [0, 0.1) is 5.82 Å². The zero-order chi connectivity index (χ0) is 19.7. The molecule has 2 aromatic heterocycles. The molecule has 4 rings (SSSR count). The van der Waals surface area contributed by atoms with Gasteiger partial charge in [-0.25, -0.2) is 14.4 Å². The predicted molar refractivity (Wildman–Crippen MR) is 94.5 cm³/mol. The highest BCUT2D eigenvalue weighted by Gasteiger charge is 2.33. The second-order valence-corrected chi connectivity index (χ2v) is 6.32. The van der Waals surface area contributed by atoms with Gasteiger partial charge in [-0.1, -0.05) is 0 Å². The molecule has 0 spiro atoms. The Bertz CT molecular complexity index is 1010. The first-order chi connectivity index (χ1) is 13.4. The van der Waals surface area contributed by atoms with Crippen LogP contribution in [0.4, 0.5) is 23.4 Å². The fraction of sp³-hybridized carbons (Fsp3) is 0.211. The summed E-state index contributed by atoms with van der Waals surface area (Å²) in [6, 6.07) is 5.99. The highest BCUT2D eigenvalue weighted by Crippen LogP contribution is 2.33. The number of benzene rings is 1. The third kappa shape index (κ3) is 3.65. The molecule has 0 bridgehead atoms. The van der Waals surface area contributed by atoms with Crippen LogP contribution in [-0.4, -0.2) is 15.0 Å². The maximum atomic E-state index is 13.5. The highest BCUT2D eigenvalue weighted by atomic mass is 19.4. The average Bonchev–Trinajstić information content (AvgIpc) is 3.14. The van der Waals surface area contributed by atoms with Crippen LogP contribution in [0.2, 0.25) is 0 Å². The van der Waals surface area contributed by atoms with E-state index >= 15 is 0 Å². The van der Waals surface area contributed by atoms with Crippen molar-refractivity contribution in [2.75, 3.05) is 5.32 Å². The van der Waals surface area contributed by atoms with Crippen molar-refractivity contribution < 1.29 is 17.6 Å². The molecule has 0 saturated heterocycles. The number of anilines is 1. The molecular weight excluding hydrogens is 374 g/mol. The molecule has 0 fully saturated rings. The smallest absolute Gasteiger partial charge is 0.366 e. The van der Waals surface area contributed by atoms with E-state index in [-0.39, 0.29) is 12.1 Å². The van der Waals surface area contributed by atoms with Gasteiger partial charge in [0.2, 0.25) is 0 Å². The molecule has 2 N–H and O–H groups in total. The monoisotopic (exact) mass is 389 g/mol. The lowest BCUT2D eigenvalue weighted by molar-refractivity contribution is -0.138. The first kappa shape index (κ1) is 18.3. The van der Waals surface area contributed by atoms with Gasteiger partial charge >= 0.3 is 6.18 Å². The lowest BCUT2D eigenvalue weighted by atomic mass is 10.1. The van der Waals surface area contributed by atoms with Crippen molar-refractivity contribution in [1.29, 1.82) is 0 Å². The third-order valence-electron chi connectivity index (χ3n) is 4.43. The van der Waals surface area contributed by atoms with Crippen molar-refractivity contribution in [3.8, 4) is 11.4 Å². The fourth-order valence-corrected chi connectivity index (χ4v) is 3.10. The Morgan fingerprint density at radius 1 is 1.11 bits per heavy atom. The van der Waals surface area contributed by atoms with Crippen molar-refractivity contribution in [1.82, 2.24) is 20.3 Å². The molecule has 3 heterocycles.